The molecule has 2 aliphatic heterocycles. The Kier molecular flexibility index (Phi) is 9.10. The summed E-state index contributed by atoms with van der Waals surface area (Å²) >= 11 is 12.7. The first-order chi connectivity index (χ1) is 26.1. The molecule has 2 saturated heterocycles. The van der Waals surface area contributed by atoms with Crippen molar-refractivity contribution in [3.8, 4) is 11.5 Å². The van der Waals surface area contributed by atoms with Crippen molar-refractivity contribution in [2.45, 2.75) is 37.1 Å². The molecule has 274 valence electrons. The van der Waals surface area contributed by atoms with Crippen LogP contribution in [0.2, 0.25) is 10.0 Å². The van der Waals surface area contributed by atoms with E-state index in [4.69, 9.17) is 27.9 Å². The Hall–Kier alpha value is -5.38. The average Bonchev–Trinajstić information content (AvgIpc) is 3.54. The molecule has 2 aliphatic carbocycles. The number of rotatable bonds is 9. The summed E-state index contributed by atoms with van der Waals surface area (Å²) in [6.45, 7) is 4.00. The summed E-state index contributed by atoms with van der Waals surface area (Å²) in [7, 11) is 1.54. The number of carbonyl (C=O) groups is 4. The number of allylic oxidation sites excluding steroid dienone is 3. The molecular weight excluding hydrogens is 725 g/mol. The second-order valence-corrected chi connectivity index (χ2v) is 15.2. The number of carbonyl (C=O) groups excluding carboxylic acids is 4. The van der Waals surface area contributed by atoms with Crippen molar-refractivity contribution in [2.24, 2.45) is 23.7 Å². The summed E-state index contributed by atoms with van der Waals surface area (Å²) in [4.78, 5) is 60.3. The van der Waals surface area contributed by atoms with Gasteiger partial charge in [0.05, 0.1) is 47.5 Å². The number of phenolic OH excluding ortho intramolecular Hbond substituents is 1. The molecule has 0 spiro atoms. The minimum absolute atomic E-state index is 0.0235. The van der Waals surface area contributed by atoms with E-state index in [1.807, 2.05) is 42.5 Å². The van der Waals surface area contributed by atoms with Gasteiger partial charge in [-0.25, -0.2) is 0 Å². The van der Waals surface area contributed by atoms with Crippen molar-refractivity contribution in [1.29, 1.82) is 0 Å². The van der Waals surface area contributed by atoms with Crippen LogP contribution in [0.4, 0.5) is 5.69 Å². The Morgan fingerprint density at radius 2 is 1.69 bits per heavy atom. The minimum Gasteiger partial charge on any atom is -0.507 e. The smallest absolute Gasteiger partial charge is 0.260 e. The van der Waals surface area contributed by atoms with Gasteiger partial charge in [-0.1, -0.05) is 102 Å². The van der Waals surface area contributed by atoms with E-state index in [2.05, 4.69) is 12.0 Å². The zero-order valence-electron chi connectivity index (χ0n) is 29.4. The molecular formula is C43H37Cl2N3O6. The highest BCUT2D eigenvalue weighted by Gasteiger charge is 2.70. The van der Waals surface area contributed by atoms with Crippen LogP contribution in [-0.4, -0.2) is 45.8 Å². The largest absolute Gasteiger partial charge is 0.507 e. The van der Waals surface area contributed by atoms with E-state index in [9.17, 15) is 19.5 Å². The second-order valence-electron chi connectivity index (χ2n) is 14.3. The topological polar surface area (TPSA) is 116 Å². The molecule has 9 nitrogen and oxygen atoms in total. The molecule has 8 rings (SSSR count). The molecule has 11 heteroatoms. The number of aromatic hydroxyl groups is 1. The average molecular weight is 763 g/mol. The Bertz CT molecular complexity index is 2240. The third-order valence-electron chi connectivity index (χ3n) is 11.7. The number of anilines is 1. The Morgan fingerprint density at radius 3 is 2.39 bits per heavy atom. The first-order valence-corrected chi connectivity index (χ1v) is 18.6. The Morgan fingerprint density at radius 1 is 0.926 bits per heavy atom. The van der Waals surface area contributed by atoms with Gasteiger partial charge in [0.2, 0.25) is 11.8 Å². The quantitative estimate of drug-likeness (QED) is 0.133. The normalized spacial score (nSPS) is 25.9. The molecule has 4 aromatic rings. The molecule has 0 radical (unpaired) electrons. The van der Waals surface area contributed by atoms with Crippen LogP contribution in [0.1, 0.15) is 41.0 Å². The van der Waals surface area contributed by atoms with Crippen LogP contribution in [0.3, 0.4) is 0 Å². The van der Waals surface area contributed by atoms with Crippen LogP contribution in [0.25, 0.3) is 0 Å². The summed E-state index contributed by atoms with van der Waals surface area (Å²) in [5.74, 6) is -4.98. The number of fused-ring (bicyclic) bond motifs is 4. The van der Waals surface area contributed by atoms with Crippen molar-refractivity contribution in [3.05, 3.63) is 148 Å². The maximum atomic E-state index is 15.5. The number of hydrogen-bond donors (Lipinski definition) is 2. The SMILES string of the molecule is C=CCc1cccc([C@H]2C3=CC[C@@H]4C(=O)N(Cc5ccccc5)C(=O)[C@@H]4[C@@H]3C[C@H]3C(=O)N(Nc4ccc(Cl)cc4Cl)C(=O)[C@@]23c2ccc(OC)cc2)c1O. The molecule has 4 aliphatic rings. The van der Waals surface area contributed by atoms with Crippen LogP contribution in [0.15, 0.2) is 115 Å². The van der Waals surface area contributed by atoms with E-state index < -0.39 is 46.8 Å². The van der Waals surface area contributed by atoms with Gasteiger partial charge in [-0.15, -0.1) is 6.58 Å². The van der Waals surface area contributed by atoms with Crippen molar-refractivity contribution in [1.82, 2.24) is 9.91 Å². The van der Waals surface area contributed by atoms with Gasteiger partial charge >= 0.3 is 0 Å². The predicted octanol–water partition coefficient (Wildman–Crippen LogP) is 7.62. The zero-order chi connectivity index (χ0) is 37.9. The van der Waals surface area contributed by atoms with Crippen LogP contribution in [-0.2, 0) is 37.6 Å². The number of amides is 4. The first kappa shape index (κ1) is 35.6. The standard InChI is InChI=1S/C43H37Cl2N3O6/c1-3-8-25-11-7-12-31(38(25)49)37-29-18-19-30-36(41(52)47(39(30)50)23-24-9-5-4-6-10-24)32(29)22-33-40(51)48(46-35-20-15-27(44)21-34(35)45)42(53)43(33,37)26-13-16-28(54-2)17-14-26/h3-7,9-18,20-21,30,32-33,36-37,46,49H,1,8,19,22-23H2,2H3/t30-,32+,33-,36-,37+,43+/m0/s1. The molecule has 3 fully saturated rings. The van der Waals surface area contributed by atoms with Crippen molar-refractivity contribution < 1.29 is 29.0 Å². The Balaban J connectivity index is 1.33. The number of hydrogen-bond acceptors (Lipinski definition) is 7. The maximum Gasteiger partial charge on any atom is 0.260 e. The highest BCUT2D eigenvalue weighted by molar-refractivity contribution is 6.36. The highest BCUT2D eigenvalue weighted by Crippen LogP contribution is 2.65. The maximum absolute atomic E-state index is 15.5. The van der Waals surface area contributed by atoms with Crippen molar-refractivity contribution in [2.75, 3.05) is 12.5 Å². The number of nitrogens with one attached hydrogen (secondary N) is 1. The number of nitrogens with zero attached hydrogens (tertiary/aromatic N) is 2. The van der Waals surface area contributed by atoms with Gasteiger partial charge in [0.1, 0.15) is 11.5 Å². The van der Waals surface area contributed by atoms with E-state index in [-0.39, 0.29) is 42.0 Å². The number of methoxy groups -OCH3 is 1. The number of para-hydroxylation sites is 1. The highest BCUT2D eigenvalue weighted by atomic mass is 35.5. The van der Waals surface area contributed by atoms with Crippen molar-refractivity contribution >= 4 is 52.5 Å². The van der Waals surface area contributed by atoms with Crippen LogP contribution < -0.4 is 10.2 Å². The lowest BCUT2D eigenvalue weighted by atomic mass is 9.49. The third kappa shape index (κ3) is 5.43. The fraction of sp³-hybridized carbons (Fsp3) is 0.256. The number of benzene rings is 4. The van der Waals surface area contributed by atoms with E-state index in [0.717, 1.165) is 16.1 Å². The van der Waals surface area contributed by atoms with E-state index >= 15 is 4.79 Å². The lowest BCUT2D eigenvalue weighted by Crippen LogP contribution is -2.53. The third-order valence-corrected chi connectivity index (χ3v) is 12.2. The summed E-state index contributed by atoms with van der Waals surface area (Å²) in [5.41, 5.74) is 4.85. The number of likely N-dealkylation sites (tertiary alicyclic amines) is 1. The fourth-order valence-electron chi connectivity index (χ4n) is 9.34. The molecule has 54 heavy (non-hydrogen) atoms. The predicted molar refractivity (Wildman–Crippen MR) is 205 cm³/mol. The molecule has 6 atom stereocenters. The molecule has 0 unspecified atom stereocenters. The summed E-state index contributed by atoms with van der Waals surface area (Å²) < 4.78 is 5.48. The lowest BCUT2D eigenvalue weighted by molar-refractivity contribution is -0.142. The summed E-state index contributed by atoms with van der Waals surface area (Å²) in [5, 5.41) is 13.6. The second kappa shape index (κ2) is 13.8. The minimum atomic E-state index is -1.59. The van der Waals surface area contributed by atoms with Crippen LogP contribution in [0.5, 0.6) is 11.5 Å². The van der Waals surface area contributed by atoms with Gasteiger partial charge in [0.15, 0.2) is 0 Å². The number of halogens is 2. The van der Waals surface area contributed by atoms with Crippen molar-refractivity contribution in [3.63, 3.8) is 0 Å². The monoisotopic (exact) mass is 761 g/mol. The number of ether oxygens (including phenoxy) is 1. The van der Waals surface area contributed by atoms with E-state index in [1.54, 1.807) is 61.7 Å². The van der Waals surface area contributed by atoms with Gasteiger partial charge in [-0.3, -0.25) is 29.5 Å². The number of hydrazine groups is 1. The van der Waals surface area contributed by atoms with Gasteiger partial charge in [0, 0.05) is 16.5 Å². The fourth-order valence-corrected chi connectivity index (χ4v) is 9.79. The Labute approximate surface area is 322 Å². The summed E-state index contributed by atoms with van der Waals surface area (Å²) in [6.07, 6.45) is 4.39. The zero-order valence-corrected chi connectivity index (χ0v) is 30.9. The van der Waals surface area contributed by atoms with Gasteiger partial charge < -0.3 is 9.84 Å². The molecule has 2 N–H and O–H groups in total. The van der Waals surface area contributed by atoms with Gasteiger partial charge in [-0.05, 0) is 72.2 Å². The first-order valence-electron chi connectivity index (χ1n) is 17.9. The van der Waals surface area contributed by atoms with Gasteiger partial charge in [0.25, 0.3) is 11.8 Å². The number of imide groups is 2. The molecule has 4 amide bonds. The molecule has 0 bridgehead atoms. The summed E-state index contributed by atoms with van der Waals surface area (Å²) in [6, 6.07) is 26.5. The van der Waals surface area contributed by atoms with Crippen LogP contribution >= 0.6 is 23.2 Å². The molecule has 2 heterocycles. The molecule has 0 aromatic heterocycles. The van der Waals surface area contributed by atoms with E-state index in [0.29, 0.717) is 39.6 Å². The number of phenols is 1. The lowest BCUT2D eigenvalue weighted by Gasteiger charge is -2.50. The van der Waals surface area contributed by atoms with Crippen LogP contribution in [0, 0.1) is 23.7 Å². The van der Waals surface area contributed by atoms with E-state index in [1.165, 1.54) is 11.0 Å². The molecule has 4 aromatic carbocycles. The van der Waals surface area contributed by atoms with Gasteiger partial charge in [-0.2, -0.15) is 5.01 Å². The molecule has 1 saturated carbocycles.